The van der Waals surface area contributed by atoms with E-state index < -0.39 is 0 Å². The molecule has 0 aliphatic carbocycles. The Balaban J connectivity index is 1.80. The molecule has 0 spiro atoms. The second kappa shape index (κ2) is 8.32. The van der Waals surface area contributed by atoms with Crippen molar-refractivity contribution in [3.8, 4) is 0 Å². The highest BCUT2D eigenvalue weighted by atomic mass is 16.5. The average Bonchev–Trinajstić information content (AvgIpc) is 2.45. The van der Waals surface area contributed by atoms with Gasteiger partial charge < -0.3 is 10.1 Å². The van der Waals surface area contributed by atoms with Crippen molar-refractivity contribution >= 4 is 0 Å². The van der Waals surface area contributed by atoms with E-state index >= 15 is 0 Å². The molecule has 2 unspecified atom stereocenters. The van der Waals surface area contributed by atoms with Crippen LogP contribution in [0.3, 0.4) is 0 Å². The number of rotatable bonds is 6. The van der Waals surface area contributed by atoms with E-state index in [-0.39, 0.29) is 0 Å². The molecule has 0 amide bonds. The number of piperidine rings is 1. The first kappa shape index (κ1) is 16.2. The van der Waals surface area contributed by atoms with Crippen LogP contribution in [0.2, 0.25) is 0 Å². The summed E-state index contributed by atoms with van der Waals surface area (Å²) >= 11 is 0. The molecule has 4 nitrogen and oxygen atoms in total. The summed E-state index contributed by atoms with van der Waals surface area (Å²) in [6.45, 7) is 15.8. The maximum absolute atomic E-state index is 6.01. The van der Waals surface area contributed by atoms with E-state index in [1.165, 1.54) is 25.9 Å². The van der Waals surface area contributed by atoms with Gasteiger partial charge in [0.25, 0.3) is 0 Å². The number of ether oxygens (including phenoxy) is 1. The van der Waals surface area contributed by atoms with Gasteiger partial charge >= 0.3 is 0 Å². The number of nitrogens with one attached hydrogen (secondary N) is 1. The second-order valence-corrected chi connectivity index (χ2v) is 6.73. The fraction of sp³-hybridized carbons (Fsp3) is 1.00. The largest absolute Gasteiger partial charge is 0.374 e. The number of nitrogens with zero attached hydrogens (tertiary/aromatic N) is 2. The molecular weight excluding hydrogens is 250 g/mol. The van der Waals surface area contributed by atoms with E-state index in [2.05, 4.69) is 35.9 Å². The molecule has 2 aliphatic heterocycles. The highest BCUT2D eigenvalue weighted by Crippen LogP contribution is 2.14. The molecule has 2 atom stereocenters. The summed E-state index contributed by atoms with van der Waals surface area (Å²) in [6.07, 6.45) is 3.04. The van der Waals surface area contributed by atoms with Gasteiger partial charge in [0.15, 0.2) is 0 Å². The Labute approximate surface area is 124 Å². The van der Waals surface area contributed by atoms with Gasteiger partial charge in [-0.25, -0.2) is 0 Å². The van der Waals surface area contributed by atoms with Crippen LogP contribution in [-0.4, -0.2) is 74.4 Å². The lowest BCUT2D eigenvalue weighted by molar-refractivity contribution is -0.0515. The molecule has 2 fully saturated rings. The monoisotopic (exact) mass is 283 g/mol. The Morgan fingerprint density at radius 1 is 1.40 bits per heavy atom. The number of likely N-dealkylation sites (N-methyl/N-ethyl adjacent to an activating group) is 1. The van der Waals surface area contributed by atoms with Gasteiger partial charge in [0, 0.05) is 38.8 Å². The fourth-order valence-electron chi connectivity index (χ4n) is 3.52. The molecule has 4 heteroatoms. The summed E-state index contributed by atoms with van der Waals surface area (Å²) in [5.41, 5.74) is 0. The van der Waals surface area contributed by atoms with Crippen molar-refractivity contribution in [2.24, 2.45) is 5.92 Å². The summed E-state index contributed by atoms with van der Waals surface area (Å²) in [5.74, 6) is 0.749. The van der Waals surface area contributed by atoms with Crippen LogP contribution in [-0.2, 0) is 4.74 Å². The minimum absolute atomic E-state index is 0.393. The molecular formula is C16H33N3O. The van der Waals surface area contributed by atoms with E-state index in [0.717, 1.165) is 45.2 Å². The fourth-order valence-corrected chi connectivity index (χ4v) is 3.52. The van der Waals surface area contributed by atoms with Crippen LogP contribution < -0.4 is 5.32 Å². The maximum atomic E-state index is 6.01. The highest BCUT2D eigenvalue weighted by molar-refractivity contribution is 4.82. The standard InChI is InChI=1S/C16H33N3O/c1-4-19(15-6-5-7-17-10-15)13-16-12-18(8-9-20-16)11-14(2)3/h14-17H,4-13H2,1-3H3. The van der Waals surface area contributed by atoms with Crippen molar-refractivity contribution in [1.29, 1.82) is 0 Å². The third kappa shape index (κ3) is 4.99. The van der Waals surface area contributed by atoms with Gasteiger partial charge in [-0.2, -0.15) is 0 Å². The van der Waals surface area contributed by atoms with Crippen LogP contribution in [0.15, 0.2) is 0 Å². The van der Waals surface area contributed by atoms with Crippen molar-refractivity contribution in [3.05, 3.63) is 0 Å². The number of hydrogen-bond donors (Lipinski definition) is 1. The molecule has 2 aliphatic rings. The Hall–Kier alpha value is -0.160. The minimum Gasteiger partial charge on any atom is -0.374 e. The van der Waals surface area contributed by atoms with E-state index in [1.54, 1.807) is 0 Å². The predicted molar refractivity (Wildman–Crippen MR) is 84.2 cm³/mol. The molecule has 2 rings (SSSR count). The first-order valence-electron chi connectivity index (χ1n) is 8.47. The van der Waals surface area contributed by atoms with Gasteiger partial charge in [-0.15, -0.1) is 0 Å². The first-order valence-corrected chi connectivity index (χ1v) is 8.47. The summed E-state index contributed by atoms with van der Waals surface area (Å²) in [6, 6.07) is 0.706. The Bertz CT molecular complexity index is 266. The van der Waals surface area contributed by atoms with Crippen LogP contribution in [0.25, 0.3) is 0 Å². The molecule has 0 aromatic rings. The highest BCUT2D eigenvalue weighted by Gasteiger charge is 2.26. The first-order chi connectivity index (χ1) is 9.69. The Kier molecular flexibility index (Phi) is 6.75. The zero-order chi connectivity index (χ0) is 14.4. The normalized spacial score (nSPS) is 29.2. The summed E-state index contributed by atoms with van der Waals surface area (Å²) in [7, 11) is 0. The third-order valence-corrected chi connectivity index (χ3v) is 4.48. The Morgan fingerprint density at radius 3 is 2.90 bits per heavy atom. The zero-order valence-electron chi connectivity index (χ0n) is 13.6. The van der Waals surface area contributed by atoms with Gasteiger partial charge in [0.1, 0.15) is 0 Å². The number of hydrogen-bond acceptors (Lipinski definition) is 4. The number of morpholine rings is 1. The molecule has 0 bridgehead atoms. The molecule has 2 saturated heterocycles. The van der Waals surface area contributed by atoms with Gasteiger partial charge in [0.05, 0.1) is 12.7 Å². The zero-order valence-corrected chi connectivity index (χ0v) is 13.6. The van der Waals surface area contributed by atoms with Crippen molar-refractivity contribution in [2.75, 3.05) is 52.4 Å². The molecule has 1 N–H and O–H groups in total. The van der Waals surface area contributed by atoms with Crippen molar-refractivity contribution in [1.82, 2.24) is 15.1 Å². The molecule has 118 valence electrons. The third-order valence-electron chi connectivity index (χ3n) is 4.48. The van der Waals surface area contributed by atoms with Crippen LogP contribution in [0.4, 0.5) is 0 Å². The van der Waals surface area contributed by atoms with Crippen LogP contribution >= 0.6 is 0 Å². The second-order valence-electron chi connectivity index (χ2n) is 6.73. The molecule has 0 radical (unpaired) electrons. The molecule has 0 aromatic heterocycles. The van der Waals surface area contributed by atoms with E-state index in [1.807, 2.05) is 0 Å². The molecule has 20 heavy (non-hydrogen) atoms. The van der Waals surface area contributed by atoms with Gasteiger partial charge in [-0.3, -0.25) is 9.80 Å². The topological polar surface area (TPSA) is 27.7 Å². The predicted octanol–water partition coefficient (Wildman–Crippen LogP) is 1.42. The van der Waals surface area contributed by atoms with Gasteiger partial charge in [0.2, 0.25) is 0 Å². The lowest BCUT2D eigenvalue weighted by Gasteiger charge is -2.39. The smallest absolute Gasteiger partial charge is 0.0829 e. The average molecular weight is 283 g/mol. The van der Waals surface area contributed by atoms with Crippen LogP contribution in [0, 0.1) is 5.92 Å². The lowest BCUT2D eigenvalue weighted by atomic mass is 10.0. The molecule has 0 aromatic carbocycles. The van der Waals surface area contributed by atoms with E-state index in [9.17, 15) is 0 Å². The van der Waals surface area contributed by atoms with Crippen molar-refractivity contribution in [2.45, 2.75) is 45.8 Å². The molecule has 2 heterocycles. The van der Waals surface area contributed by atoms with Crippen molar-refractivity contribution in [3.63, 3.8) is 0 Å². The summed E-state index contributed by atoms with van der Waals surface area (Å²) in [5, 5.41) is 3.53. The SMILES string of the molecule is CCN(CC1CN(CC(C)C)CCO1)C1CCCNC1. The van der Waals surface area contributed by atoms with E-state index in [0.29, 0.717) is 12.1 Å². The Morgan fingerprint density at radius 2 is 2.25 bits per heavy atom. The van der Waals surface area contributed by atoms with E-state index in [4.69, 9.17) is 4.74 Å². The summed E-state index contributed by atoms with van der Waals surface area (Å²) < 4.78 is 6.01. The van der Waals surface area contributed by atoms with Crippen molar-refractivity contribution < 1.29 is 4.74 Å². The molecule has 0 saturated carbocycles. The van der Waals surface area contributed by atoms with Gasteiger partial charge in [-0.05, 0) is 31.8 Å². The quantitative estimate of drug-likeness (QED) is 0.798. The minimum atomic E-state index is 0.393. The van der Waals surface area contributed by atoms with Crippen LogP contribution in [0.1, 0.15) is 33.6 Å². The van der Waals surface area contributed by atoms with Crippen LogP contribution in [0.5, 0.6) is 0 Å². The lowest BCUT2D eigenvalue weighted by Crippen LogP contribution is -2.53. The van der Waals surface area contributed by atoms with Gasteiger partial charge in [-0.1, -0.05) is 20.8 Å². The maximum Gasteiger partial charge on any atom is 0.0829 e. The summed E-state index contributed by atoms with van der Waals surface area (Å²) in [4.78, 5) is 5.20.